The summed E-state index contributed by atoms with van der Waals surface area (Å²) < 4.78 is 0. The number of carbonyl (C=O) groups is 2. The van der Waals surface area contributed by atoms with Crippen molar-refractivity contribution >= 4 is 22.6 Å². The Labute approximate surface area is 121 Å². The van der Waals surface area contributed by atoms with Gasteiger partial charge in [-0.3, -0.25) is 14.5 Å². The molecular formula is C16H15NO4. The van der Waals surface area contributed by atoms with Crippen LogP contribution in [-0.2, 0) is 0 Å². The number of nitrogens with zero attached hydrogens (tertiary/aromatic N) is 1. The molecule has 0 saturated heterocycles. The van der Waals surface area contributed by atoms with Gasteiger partial charge in [0, 0.05) is 11.9 Å². The summed E-state index contributed by atoms with van der Waals surface area (Å²) in [5.74, 6) is -0.917. The molecule has 0 aliphatic carbocycles. The number of phenols is 2. The summed E-state index contributed by atoms with van der Waals surface area (Å²) in [5.41, 5.74) is 0.603. The zero-order chi connectivity index (χ0) is 15.1. The average Bonchev–Trinajstić information content (AvgIpc) is 2.43. The highest BCUT2D eigenvalue weighted by atomic mass is 16.3. The van der Waals surface area contributed by atoms with E-state index in [1.54, 1.807) is 0 Å². The number of hydrogen-bond donors (Lipinski definition) is 2. The first-order valence-corrected chi connectivity index (χ1v) is 6.89. The van der Waals surface area contributed by atoms with Crippen LogP contribution < -0.4 is 0 Å². The summed E-state index contributed by atoms with van der Waals surface area (Å²) in [6, 6.07) is 5.61. The SMILES string of the molecule is CCCCN1C(=O)c2cc(O)cc3cc(O)cc(c23)C1=O. The number of unbranched alkanes of at least 4 members (excludes halogenated alkanes) is 1. The predicted octanol–water partition coefficient (Wildman–Crippen LogP) is 2.65. The van der Waals surface area contributed by atoms with Gasteiger partial charge in [-0.1, -0.05) is 13.3 Å². The van der Waals surface area contributed by atoms with Gasteiger partial charge in [-0.25, -0.2) is 0 Å². The Hall–Kier alpha value is -2.56. The number of phenolic OH excluding ortho intramolecular Hbond substituents is 2. The Kier molecular flexibility index (Phi) is 3.05. The quantitative estimate of drug-likeness (QED) is 0.850. The van der Waals surface area contributed by atoms with E-state index in [1.165, 1.54) is 29.2 Å². The number of imide groups is 1. The molecule has 0 fully saturated rings. The van der Waals surface area contributed by atoms with Crippen molar-refractivity contribution in [2.24, 2.45) is 0 Å². The molecule has 0 aromatic heterocycles. The molecule has 1 heterocycles. The molecule has 0 saturated carbocycles. The fraction of sp³-hybridized carbons (Fsp3) is 0.250. The Morgan fingerprint density at radius 3 is 1.95 bits per heavy atom. The number of aromatic hydroxyl groups is 2. The van der Waals surface area contributed by atoms with Crippen LogP contribution in [0.2, 0.25) is 0 Å². The molecule has 0 bridgehead atoms. The fourth-order valence-corrected chi connectivity index (χ4v) is 2.72. The standard InChI is InChI=1S/C16H15NO4/c1-2-3-4-17-15(20)12-7-10(18)5-9-6-11(19)8-13(14(9)12)16(17)21/h5-8,18-19H,2-4H2,1H3. The minimum Gasteiger partial charge on any atom is -0.508 e. The molecule has 2 aromatic carbocycles. The summed E-state index contributed by atoms with van der Waals surface area (Å²) in [7, 11) is 0. The van der Waals surface area contributed by atoms with Crippen LogP contribution in [0.25, 0.3) is 10.8 Å². The fourth-order valence-electron chi connectivity index (χ4n) is 2.72. The summed E-state index contributed by atoms with van der Waals surface area (Å²) in [6.45, 7) is 2.31. The highest BCUT2D eigenvalue weighted by molar-refractivity contribution is 6.25. The molecule has 5 heteroatoms. The van der Waals surface area contributed by atoms with E-state index in [2.05, 4.69) is 0 Å². The van der Waals surface area contributed by atoms with Crippen molar-refractivity contribution in [1.82, 2.24) is 4.90 Å². The van der Waals surface area contributed by atoms with Crippen LogP contribution in [-0.4, -0.2) is 33.5 Å². The lowest BCUT2D eigenvalue weighted by Gasteiger charge is -2.27. The van der Waals surface area contributed by atoms with Crippen LogP contribution in [0, 0.1) is 0 Å². The third kappa shape index (κ3) is 2.01. The van der Waals surface area contributed by atoms with Gasteiger partial charge in [0.2, 0.25) is 0 Å². The third-order valence-corrected chi connectivity index (χ3v) is 3.70. The maximum atomic E-state index is 12.5. The van der Waals surface area contributed by atoms with Gasteiger partial charge in [0.25, 0.3) is 11.8 Å². The lowest BCUT2D eigenvalue weighted by Crippen LogP contribution is -2.40. The van der Waals surface area contributed by atoms with E-state index >= 15 is 0 Å². The zero-order valence-corrected chi connectivity index (χ0v) is 11.6. The van der Waals surface area contributed by atoms with Crippen LogP contribution in [0.3, 0.4) is 0 Å². The van der Waals surface area contributed by atoms with Gasteiger partial charge in [0.1, 0.15) is 11.5 Å². The minimum absolute atomic E-state index is 0.0628. The maximum Gasteiger partial charge on any atom is 0.261 e. The molecule has 5 nitrogen and oxygen atoms in total. The summed E-state index contributed by atoms with van der Waals surface area (Å²) >= 11 is 0. The summed E-state index contributed by atoms with van der Waals surface area (Å²) in [4.78, 5) is 26.2. The molecule has 0 radical (unpaired) electrons. The first kappa shape index (κ1) is 13.4. The molecule has 0 spiro atoms. The molecule has 3 rings (SSSR count). The minimum atomic E-state index is -0.396. The molecule has 2 amide bonds. The van der Waals surface area contributed by atoms with Crippen molar-refractivity contribution in [3.63, 3.8) is 0 Å². The van der Waals surface area contributed by atoms with Gasteiger partial charge < -0.3 is 10.2 Å². The van der Waals surface area contributed by atoms with Gasteiger partial charge in [-0.2, -0.15) is 0 Å². The second-order valence-electron chi connectivity index (χ2n) is 5.20. The lowest BCUT2D eigenvalue weighted by atomic mass is 9.93. The second-order valence-corrected chi connectivity index (χ2v) is 5.20. The molecule has 108 valence electrons. The van der Waals surface area contributed by atoms with Crippen LogP contribution >= 0.6 is 0 Å². The van der Waals surface area contributed by atoms with Gasteiger partial charge in [0.15, 0.2) is 0 Å². The topological polar surface area (TPSA) is 77.8 Å². The van der Waals surface area contributed by atoms with Crippen molar-refractivity contribution in [3.8, 4) is 11.5 Å². The highest BCUT2D eigenvalue weighted by Crippen LogP contribution is 2.35. The molecule has 1 aliphatic heterocycles. The number of benzene rings is 2. The van der Waals surface area contributed by atoms with Gasteiger partial charge >= 0.3 is 0 Å². The molecule has 0 atom stereocenters. The van der Waals surface area contributed by atoms with Crippen LogP contribution in [0.4, 0.5) is 0 Å². The highest BCUT2D eigenvalue weighted by Gasteiger charge is 2.33. The second kappa shape index (κ2) is 4.77. The Morgan fingerprint density at radius 1 is 0.952 bits per heavy atom. The largest absolute Gasteiger partial charge is 0.508 e. The smallest absolute Gasteiger partial charge is 0.261 e. The first-order chi connectivity index (χ1) is 10.0. The van der Waals surface area contributed by atoms with Crippen LogP contribution in [0.5, 0.6) is 11.5 Å². The first-order valence-electron chi connectivity index (χ1n) is 6.89. The van der Waals surface area contributed by atoms with Crippen LogP contribution in [0.1, 0.15) is 40.5 Å². The van der Waals surface area contributed by atoms with E-state index in [1.807, 2.05) is 6.92 Å². The average molecular weight is 285 g/mol. The maximum absolute atomic E-state index is 12.5. The molecule has 2 N–H and O–H groups in total. The molecule has 1 aliphatic rings. The van der Waals surface area contributed by atoms with Crippen molar-refractivity contribution in [3.05, 3.63) is 35.4 Å². The van der Waals surface area contributed by atoms with Crippen LogP contribution in [0.15, 0.2) is 24.3 Å². The summed E-state index contributed by atoms with van der Waals surface area (Å²) in [5, 5.41) is 20.5. The van der Waals surface area contributed by atoms with E-state index in [9.17, 15) is 19.8 Å². The van der Waals surface area contributed by atoms with Crippen molar-refractivity contribution in [2.75, 3.05) is 6.54 Å². The zero-order valence-electron chi connectivity index (χ0n) is 11.6. The lowest BCUT2D eigenvalue weighted by molar-refractivity contribution is 0.0608. The number of hydrogen-bond acceptors (Lipinski definition) is 4. The molecular weight excluding hydrogens is 270 g/mol. The van der Waals surface area contributed by atoms with Crippen molar-refractivity contribution in [2.45, 2.75) is 19.8 Å². The third-order valence-electron chi connectivity index (χ3n) is 3.70. The van der Waals surface area contributed by atoms with E-state index in [-0.39, 0.29) is 11.5 Å². The Morgan fingerprint density at radius 2 is 1.48 bits per heavy atom. The van der Waals surface area contributed by atoms with Gasteiger partial charge in [0.05, 0.1) is 11.1 Å². The Bertz CT molecular complexity index is 710. The van der Waals surface area contributed by atoms with Gasteiger partial charge in [-0.15, -0.1) is 0 Å². The van der Waals surface area contributed by atoms with E-state index in [4.69, 9.17) is 0 Å². The van der Waals surface area contributed by atoms with E-state index in [0.717, 1.165) is 6.42 Å². The van der Waals surface area contributed by atoms with Crippen molar-refractivity contribution in [1.29, 1.82) is 0 Å². The van der Waals surface area contributed by atoms with E-state index in [0.29, 0.717) is 34.9 Å². The number of rotatable bonds is 3. The van der Waals surface area contributed by atoms with E-state index < -0.39 is 11.8 Å². The molecule has 21 heavy (non-hydrogen) atoms. The number of amides is 2. The number of carbonyl (C=O) groups excluding carboxylic acids is 2. The normalized spacial score (nSPS) is 14.0. The monoisotopic (exact) mass is 285 g/mol. The molecule has 2 aromatic rings. The summed E-state index contributed by atoms with van der Waals surface area (Å²) in [6.07, 6.45) is 1.58. The predicted molar refractivity (Wildman–Crippen MR) is 77.6 cm³/mol. The molecule has 0 unspecified atom stereocenters. The van der Waals surface area contributed by atoms with Gasteiger partial charge in [-0.05, 0) is 36.1 Å². The van der Waals surface area contributed by atoms with Crippen molar-refractivity contribution < 1.29 is 19.8 Å². The Balaban J connectivity index is 2.27.